The fourth-order valence-corrected chi connectivity index (χ4v) is 3.56. The Kier molecular flexibility index (Phi) is 4.47. The van der Waals surface area contributed by atoms with Gasteiger partial charge in [-0.2, -0.15) is 0 Å². The summed E-state index contributed by atoms with van der Waals surface area (Å²) in [6, 6.07) is 10.7. The summed E-state index contributed by atoms with van der Waals surface area (Å²) in [5, 5.41) is 3.09. The molecule has 1 aromatic rings. The van der Waals surface area contributed by atoms with Crippen molar-refractivity contribution < 1.29 is 4.79 Å². The second kappa shape index (κ2) is 6.50. The van der Waals surface area contributed by atoms with Crippen LogP contribution in [0.5, 0.6) is 0 Å². The van der Waals surface area contributed by atoms with Gasteiger partial charge in [0.05, 0.1) is 0 Å². The number of carbonyl (C=O) groups excluding carboxylic acids is 1. The molecule has 3 heteroatoms. The SMILES string of the molecule is CC(C1CC1)N(C(=O)Nc1ccccc1)C1CCCCC1. The van der Waals surface area contributed by atoms with Crippen LogP contribution in [0.15, 0.2) is 30.3 Å². The molecule has 114 valence electrons. The molecule has 0 heterocycles. The van der Waals surface area contributed by atoms with E-state index in [0.717, 1.165) is 5.69 Å². The summed E-state index contributed by atoms with van der Waals surface area (Å²) >= 11 is 0. The van der Waals surface area contributed by atoms with E-state index in [1.54, 1.807) is 0 Å². The van der Waals surface area contributed by atoms with Gasteiger partial charge >= 0.3 is 6.03 Å². The van der Waals surface area contributed by atoms with E-state index in [1.165, 1.54) is 44.9 Å². The molecule has 0 aliphatic heterocycles. The van der Waals surface area contributed by atoms with Gasteiger partial charge in [-0.15, -0.1) is 0 Å². The third kappa shape index (κ3) is 3.58. The number of carbonyl (C=O) groups is 1. The minimum absolute atomic E-state index is 0.0903. The highest BCUT2D eigenvalue weighted by Crippen LogP contribution is 2.38. The number of nitrogens with zero attached hydrogens (tertiary/aromatic N) is 1. The molecular weight excluding hydrogens is 260 g/mol. The molecule has 2 amide bonds. The number of nitrogens with one attached hydrogen (secondary N) is 1. The number of hydrogen-bond acceptors (Lipinski definition) is 1. The summed E-state index contributed by atoms with van der Waals surface area (Å²) in [6.45, 7) is 2.23. The Bertz CT molecular complexity index is 463. The Balaban J connectivity index is 1.72. The number of amides is 2. The first kappa shape index (κ1) is 14.4. The van der Waals surface area contributed by atoms with Gasteiger partial charge < -0.3 is 10.2 Å². The minimum atomic E-state index is 0.0903. The Labute approximate surface area is 127 Å². The van der Waals surface area contributed by atoms with Crippen LogP contribution in [0.2, 0.25) is 0 Å². The maximum absolute atomic E-state index is 12.8. The maximum atomic E-state index is 12.8. The summed E-state index contributed by atoms with van der Waals surface area (Å²) in [6.07, 6.45) is 8.74. The summed E-state index contributed by atoms with van der Waals surface area (Å²) in [5.41, 5.74) is 0.895. The van der Waals surface area contributed by atoms with E-state index in [0.29, 0.717) is 18.0 Å². The van der Waals surface area contributed by atoms with Gasteiger partial charge in [-0.1, -0.05) is 37.5 Å². The molecule has 21 heavy (non-hydrogen) atoms. The van der Waals surface area contributed by atoms with E-state index in [4.69, 9.17) is 0 Å². The predicted octanol–water partition coefficient (Wildman–Crippen LogP) is 4.65. The second-order valence-corrected chi connectivity index (χ2v) is 6.57. The van der Waals surface area contributed by atoms with Crippen LogP contribution in [0.25, 0.3) is 0 Å². The van der Waals surface area contributed by atoms with Crippen LogP contribution < -0.4 is 5.32 Å². The summed E-state index contributed by atoms with van der Waals surface area (Å²) in [4.78, 5) is 15.0. The van der Waals surface area contributed by atoms with Crippen molar-refractivity contribution in [1.29, 1.82) is 0 Å². The second-order valence-electron chi connectivity index (χ2n) is 6.57. The van der Waals surface area contributed by atoms with Crippen LogP contribution in [-0.2, 0) is 0 Å². The lowest BCUT2D eigenvalue weighted by Crippen LogP contribution is -2.49. The molecule has 2 aliphatic carbocycles. The highest BCUT2D eigenvalue weighted by molar-refractivity contribution is 5.89. The van der Waals surface area contributed by atoms with Crippen molar-refractivity contribution in [3.8, 4) is 0 Å². The number of para-hydroxylation sites is 1. The van der Waals surface area contributed by atoms with Crippen molar-refractivity contribution in [2.75, 3.05) is 5.32 Å². The first-order chi connectivity index (χ1) is 10.3. The Morgan fingerprint density at radius 3 is 2.38 bits per heavy atom. The first-order valence-corrected chi connectivity index (χ1v) is 8.40. The van der Waals surface area contributed by atoms with Crippen LogP contribution in [0.4, 0.5) is 10.5 Å². The van der Waals surface area contributed by atoms with Gasteiger partial charge in [0.1, 0.15) is 0 Å². The average molecular weight is 286 g/mol. The average Bonchev–Trinajstić information content (AvgIpc) is 3.34. The quantitative estimate of drug-likeness (QED) is 0.858. The van der Waals surface area contributed by atoms with Crippen molar-refractivity contribution >= 4 is 11.7 Å². The zero-order chi connectivity index (χ0) is 14.7. The normalized spacial score (nSPS) is 20.8. The van der Waals surface area contributed by atoms with Gasteiger partial charge in [-0.05, 0) is 50.7 Å². The van der Waals surface area contributed by atoms with Crippen LogP contribution >= 0.6 is 0 Å². The zero-order valence-electron chi connectivity index (χ0n) is 12.9. The minimum Gasteiger partial charge on any atom is -0.319 e. The molecule has 1 aromatic carbocycles. The van der Waals surface area contributed by atoms with Crippen molar-refractivity contribution in [2.45, 2.75) is 64.0 Å². The Hall–Kier alpha value is -1.51. The molecule has 0 saturated heterocycles. The van der Waals surface area contributed by atoms with Crippen molar-refractivity contribution in [1.82, 2.24) is 4.90 Å². The van der Waals surface area contributed by atoms with Crippen LogP contribution in [-0.4, -0.2) is 23.0 Å². The number of rotatable bonds is 4. The summed E-state index contributed by atoms with van der Waals surface area (Å²) < 4.78 is 0. The first-order valence-electron chi connectivity index (χ1n) is 8.40. The fourth-order valence-electron chi connectivity index (χ4n) is 3.56. The molecule has 0 radical (unpaired) electrons. The summed E-state index contributed by atoms with van der Waals surface area (Å²) in [7, 11) is 0. The largest absolute Gasteiger partial charge is 0.322 e. The van der Waals surface area contributed by atoms with Crippen molar-refractivity contribution in [2.24, 2.45) is 5.92 Å². The molecule has 0 bridgehead atoms. The number of benzene rings is 1. The van der Waals surface area contributed by atoms with Gasteiger partial charge in [0.2, 0.25) is 0 Å². The lowest BCUT2D eigenvalue weighted by Gasteiger charge is -2.38. The van der Waals surface area contributed by atoms with Gasteiger partial charge in [0, 0.05) is 17.8 Å². The molecule has 1 N–H and O–H groups in total. The fraction of sp³-hybridized carbons (Fsp3) is 0.611. The van der Waals surface area contributed by atoms with E-state index in [9.17, 15) is 4.79 Å². The maximum Gasteiger partial charge on any atom is 0.322 e. The molecule has 1 unspecified atom stereocenters. The van der Waals surface area contributed by atoms with E-state index in [1.807, 2.05) is 30.3 Å². The Morgan fingerprint density at radius 1 is 1.10 bits per heavy atom. The smallest absolute Gasteiger partial charge is 0.319 e. The zero-order valence-corrected chi connectivity index (χ0v) is 12.9. The van der Waals surface area contributed by atoms with E-state index >= 15 is 0 Å². The van der Waals surface area contributed by atoms with Crippen LogP contribution in [0.1, 0.15) is 51.9 Å². The molecular formula is C18H26N2O. The summed E-state index contributed by atoms with van der Waals surface area (Å²) in [5.74, 6) is 0.716. The lowest BCUT2D eigenvalue weighted by molar-refractivity contribution is 0.130. The molecule has 3 rings (SSSR count). The predicted molar refractivity (Wildman–Crippen MR) is 86.4 cm³/mol. The van der Waals surface area contributed by atoms with Gasteiger partial charge in [0.15, 0.2) is 0 Å². The van der Waals surface area contributed by atoms with Gasteiger partial charge in [-0.3, -0.25) is 0 Å². The molecule has 3 nitrogen and oxygen atoms in total. The number of urea groups is 1. The molecule has 0 aromatic heterocycles. The van der Waals surface area contributed by atoms with E-state index < -0.39 is 0 Å². The van der Waals surface area contributed by atoms with Crippen LogP contribution in [0.3, 0.4) is 0 Å². The number of hydrogen-bond donors (Lipinski definition) is 1. The highest BCUT2D eigenvalue weighted by Gasteiger charge is 2.38. The van der Waals surface area contributed by atoms with Crippen molar-refractivity contribution in [3.63, 3.8) is 0 Å². The molecule has 2 aliphatic rings. The monoisotopic (exact) mass is 286 g/mol. The number of anilines is 1. The van der Waals surface area contributed by atoms with Crippen LogP contribution in [0, 0.1) is 5.92 Å². The van der Waals surface area contributed by atoms with E-state index in [-0.39, 0.29) is 6.03 Å². The standard InChI is InChI=1S/C18H26N2O/c1-14(15-12-13-15)20(17-10-6-3-7-11-17)18(21)19-16-8-4-2-5-9-16/h2,4-5,8-9,14-15,17H,3,6-7,10-13H2,1H3,(H,19,21). The molecule has 1 atom stereocenters. The highest BCUT2D eigenvalue weighted by atomic mass is 16.2. The third-order valence-corrected chi connectivity index (χ3v) is 4.97. The van der Waals surface area contributed by atoms with E-state index in [2.05, 4.69) is 17.1 Å². The van der Waals surface area contributed by atoms with Gasteiger partial charge in [0.25, 0.3) is 0 Å². The molecule has 2 fully saturated rings. The lowest BCUT2D eigenvalue weighted by atomic mass is 9.93. The topological polar surface area (TPSA) is 32.3 Å². The van der Waals surface area contributed by atoms with Gasteiger partial charge in [-0.25, -0.2) is 4.79 Å². The molecule has 2 saturated carbocycles. The Morgan fingerprint density at radius 2 is 1.76 bits per heavy atom. The molecule has 0 spiro atoms. The third-order valence-electron chi connectivity index (χ3n) is 4.97. The van der Waals surface area contributed by atoms with Crippen molar-refractivity contribution in [3.05, 3.63) is 30.3 Å².